The topological polar surface area (TPSA) is 50.2 Å². The molecule has 173 valence electrons. The molecule has 0 aliphatic heterocycles. The molecule has 1 radical (unpaired) electrons. The molecule has 0 unspecified atom stereocenters. The standard InChI is InChI=1S/C23H20NS.C5H8O2.Ir/c1-14-6-5-8-17(12-14)22-23-19(10-11-24-22)21-15(2)18-9-4-3-7-16(18)13-20(21)25-23;1-4(6)3-5(2)7;/h5-6,10-13H,3-4,7,9H2,1-2H3;3,6H,1-2H3;/q-1;;/b;4-3-;. The molecule has 3 nitrogen and oxygen atoms in total. The first-order valence-corrected chi connectivity index (χ1v) is 11.9. The van der Waals surface area contributed by atoms with Gasteiger partial charge in [0, 0.05) is 52.9 Å². The molecule has 1 N–H and O–H groups in total. The predicted molar refractivity (Wildman–Crippen MR) is 135 cm³/mol. The maximum absolute atomic E-state index is 10.0. The Balaban J connectivity index is 0.000000337. The van der Waals surface area contributed by atoms with Gasteiger partial charge in [-0.05, 0) is 80.7 Å². The van der Waals surface area contributed by atoms with Gasteiger partial charge in [0.2, 0.25) is 0 Å². The average molecular weight is 635 g/mol. The van der Waals surface area contributed by atoms with E-state index < -0.39 is 0 Å². The van der Waals surface area contributed by atoms with Crippen molar-refractivity contribution < 1.29 is 30.0 Å². The van der Waals surface area contributed by atoms with Gasteiger partial charge >= 0.3 is 0 Å². The van der Waals surface area contributed by atoms with E-state index in [0.717, 1.165) is 11.3 Å². The van der Waals surface area contributed by atoms with Gasteiger partial charge < -0.3 is 10.1 Å². The number of allylic oxidation sites excluding steroid dienone is 2. The normalized spacial score (nSPS) is 13.2. The van der Waals surface area contributed by atoms with Crippen LogP contribution in [0.15, 0.2) is 48.4 Å². The molecule has 0 bridgehead atoms. The van der Waals surface area contributed by atoms with Crippen molar-refractivity contribution in [2.45, 2.75) is 53.4 Å². The number of ketones is 1. The number of pyridine rings is 1. The number of nitrogens with zero attached hydrogens (tertiary/aromatic N) is 1. The van der Waals surface area contributed by atoms with Crippen molar-refractivity contribution >= 4 is 37.3 Å². The molecule has 5 heteroatoms. The zero-order valence-corrected chi connectivity index (χ0v) is 22.6. The molecular formula is C28H28IrNO2S-. The van der Waals surface area contributed by atoms with Crippen molar-refractivity contribution in [3.05, 3.63) is 76.7 Å². The molecule has 2 heterocycles. The summed E-state index contributed by atoms with van der Waals surface area (Å²) in [4.78, 5) is 14.7. The van der Waals surface area contributed by atoms with Crippen LogP contribution in [0.2, 0.25) is 0 Å². The third kappa shape index (κ3) is 5.43. The molecule has 0 fully saturated rings. The van der Waals surface area contributed by atoms with Gasteiger partial charge in [-0.1, -0.05) is 6.92 Å². The number of carbonyl (C=O) groups is 1. The third-order valence-corrected chi connectivity index (χ3v) is 7.06. The Morgan fingerprint density at radius 1 is 1.15 bits per heavy atom. The van der Waals surface area contributed by atoms with Crippen LogP contribution in [0.5, 0.6) is 0 Å². The largest absolute Gasteiger partial charge is 0.512 e. The minimum atomic E-state index is -0.125. The third-order valence-electron chi connectivity index (χ3n) is 5.90. The Kier molecular flexibility index (Phi) is 8.23. The first-order valence-electron chi connectivity index (χ1n) is 11.0. The van der Waals surface area contributed by atoms with Gasteiger partial charge in [-0.25, -0.2) is 0 Å². The van der Waals surface area contributed by atoms with Crippen LogP contribution < -0.4 is 0 Å². The summed E-state index contributed by atoms with van der Waals surface area (Å²) < 4.78 is 2.71. The Bertz CT molecular complexity index is 1350. The number of aliphatic hydroxyl groups excluding tert-OH is 1. The number of aromatic nitrogens is 1. The number of rotatable bonds is 2. The van der Waals surface area contributed by atoms with E-state index in [0.29, 0.717) is 0 Å². The molecule has 1 aliphatic carbocycles. The quantitative estimate of drug-likeness (QED) is 0.142. The minimum absolute atomic E-state index is 0. The summed E-state index contributed by atoms with van der Waals surface area (Å²) in [6, 6.07) is 14.3. The number of thiophene rings is 1. The molecule has 33 heavy (non-hydrogen) atoms. The molecule has 5 rings (SSSR count). The monoisotopic (exact) mass is 635 g/mol. The van der Waals surface area contributed by atoms with Gasteiger partial charge in [-0.15, -0.1) is 46.7 Å². The van der Waals surface area contributed by atoms with Crippen molar-refractivity contribution in [3.8, 4) is 11.3 Å². The Hall–Kier alpha value is -2.33. The minimum Gasteiger partial charge on any atom is -0.512 e. The number of aryl methyl sites for hydroxylation is 3. The fourth-order valence-corrected chi connectivity index (χ4v) is 5.88. The van der Waals surface area contributed by atoms with E-state index in [1.54, 1.807) is 11.1 Å². The molecule has 2 aromatic heterocycles. The Morgan fingerprint density at radius 3 is 2.58 bits per heavy atom. The first kappa shape index (κ1) is 25.3. The van der Waals surface area contributed by atoms with E-state index in [1.807, 2.05) is 23.6 Å². The second-order valence-electron chi connectivity index (χ2n) is 8.53. The molecule has 0 saturated carbocycles. The van der Waals surface area contributed by atoms with Gasteiger partial charge in [0.1, 0.15) is 0 Å². The molecule has 2 aromatic carbocycles. The second kappa shape index (κ2) is 10.7. The van der Waals surface area contributed by atoms with Gasteiger partial charge in [0.25, 0.3) is 0 Å². The summed E-state index contributed by atoms with van der Waals surface area (Å²) in [5.74, 6) is -0.0625. The number of hydrogen-bond donors (Lipinski definition) is 1. The van der Waals surface area contributed by atoms with Crippen LogP contribution in [-0.2, 0) is 37.7 Å². The van der Waals surface area contributed by atoms with E-state index in [1.165, 1.54) is 76.9 Å². The van der Waals surface area contributed by atoms with Crippen molar-refractivity contribution in [2.75, 3.05) is 0 Å². The van der Waals surface area contributed by atoms with E-state index in [2.05, 4.69) is 44.2 Å². The fourth-order valence-electron chi connectivity index (χ4n) is 4.56. The summed E-state index contributed by atoms with van der Waals surface area (Å²) in [6.07, 6.45) is 8.24. The predicted octanol–water partition coefficient (Wildman–Crippen LogP) is 7.45. The van der Waals surface area contributed by atoms with Gasteiger partial charge in [-0.3, -0.25) is 4.79 Å². The molecule has 0 spiro atoms. The van der Waals surface area contributed by atoms with Gasteiger partial charge in [0.05, 0.1) is 5.76 Å². The van der Waals surface area contributed by atoms with Crippen LogP contribution in [-0.4, -0.2) is 15.9 Å². The summed E-state index contributed by atoms with van der Waals surface area (Å²) in [7, 11) is 0. The van der Waals surface area contributed by atoms with Crippen LogP contribution in [0.4, 0.5) is 0 Å². The second-order valence-corrected chi connectivity index (χ2v) is 9.59. The van der Waals surface area contributed by atoms with Crippen molar-refractivity contribution in [3.63, 3.8) is 0 Å². The van der Waals surface area contributed by atoms with E-state index in [4.69, 9.17) is 10.1 Å². The van der Waals surface area contributed by atoms with Gasteiger partial charge in [0.15, 0.2) is 5.78 Å². The molecule has 0 amide bonds. The van der Waals surface area contributed by atoms with Crippen molar-refractivity contribution in [1.82, 2.24) is 4.98 Å². The van der Waals surface area contributed by atoms with E-state index >= 15 is 0 Å². The number of carbonyl (C=O) groups excluding carboxylic acids is 1. The maximum atomic E-state index is 10.0. The number of aliphatic hydroxyl groups is 1. The SMILES string of the molecule is CC(=O)/C=C(/C)O.Cc1cc[c-]c(-c2nccc3c2sc2cc4c(c(C)c23)CCCC4)c1.[Ir]. The maximum Gasteiger partial charge on any atom is 0.155 e. The molecular weight excluding hydrogens is 607 g/mol. The molecule has 0 saturated heterocycles. The van der Waals surface area contributed by atoms with Crippen LogP contribution in [0.1, 0.15) is 48.9 Å². The molecule has 1 aliphatic rings. The van der Waals surface area contributed by atoms with Crippen LogP contribution in [0.25, 0.3) is 31.4 Å². The van der Waals surface area contributed by atoms with E-state index in [-0.39, 0.29) is 31.6 Å². The van der Waals surface area contributed by atoms with Crippen molar-refractivity contribution in [2.24, 2.45) is 0 Å². The number of benzene rings is 2. The summed E-state index contributed by atoms with van der Waals surface area (Å²) in [6.45, 7) is 7.29. The Morgan fingerprint density at radius 2 is 1.91 bits per heavy atom. The summed E-state index contributed by atoms with van der Waals surface area (Å²) in [5, 5.41) is 11.2. The van der Waals surface area contributed by atoms with Crippen LogP contribution in [0, 0.1) is 19.9 Å². The molecule has 4 aromatic rings. The average Bonchev–Trinajstić information content (AvgIpc) is 3.12. The fraction of sp³-hybridized carbons (Fsp3) is 0.286. The summed E-state index contributed by atoms with van der Waals surface area (Å²) in [5.41, 5.74) is 8.07. The zero-order chi connectivity index (χ0) is 22.8. The number of fused-ring (bicyclic) bond motifs is 4. The smallest absolute Gasteiger partial charge is 0.155 e. The first-order chi connectivity index (χ1) is 15.3. The van der Waals surface area contributed by atoms with E-state index in [9.17, 15) is 4.79 Å². The van der Waals surface area contributed by atoms with Crippen LogP contribution in [0.3, 0.4) is 0 Å². The Labute approximate surface area is 212 Å². The molecule has 0 atom stereocenters. The van der Waals surface area contributed by atoms with Crippen molar-refractivity contribution in [1.29, 1.82) is 0 Å². The van der Waals surface area contributed by atoms with Gasteiger partial charge in [-0.2, -0.15) is 0 Å². The number of hydrogen-bond acceptors (Lipinski definition) is 4. The zero-order valence-electron chi connectivity index (χ0n) is 19.4. The summed E-state index contributed by atoms with van der Waals surface area (Å²) >= 11 is 1.89. The van der Waals surface area contributed by atoms with Crippen LogP contribution >= 0.6 is 11.3 Å².